The smallest absolute Gasteiger partial charge is 0.270 e. The summed E-state index contributed by atoms with van der Waals surface area (Å²) < 4.78 is 29.1. The monoisotopic (exact) mass is 508 g/mol. The van der Waals surface area contributed by atoms with E-state index in [1.165, 1.54) is 128 Å². The number of rotatable bonds is 26. The Labute approximate surface area is 219 Å². The van der Waals surface area contributed by atoms with Crippen LogP contribution in [0.4, 0.5) is 0 Å². The van der Waals surface area contributed by atoms with Gasteiger partial charge in [-0.05, 0) is 12.0 Å². The summed E-state index contributed by atoms with van der Waals surface area (Å²) in [5.74, 6) is -0.0346. The van der Waals surface area contributed by atoms with Crippen LogP contribution in [0.2, 0.25) is 0 Å². The van der Waals surface area contributed by atoms with Gasteiger partial charge in [-0.2, -0.15) is 8.42 Å². The molecule has 1 rings (SSSR count). The van der Waals surface area contributed by atoms with Crippen LogP contribution in [0.1, 0.15) is 154 Å². The van der Waals surface area contributed by atoms with Crippen LogP contribution in [0, 0.1) is 0 Å². The van der Waals surface area contributed by atoms with Gasteiger partial charge < -0.3 is 0 Å². The van der Waals surface area contributed by atoms with Gasteiger partial charge in [0.2, 0.25) is 0 Å². The van der Waals surface area contributed by atoms with Gasteiger partial charge in [-0.3, -0.25) is 4.18 Å². The summed E-state index contributed by atoms with van der Waals surface area (Å²) in [5.41, 5.74) is 0.779. The van der Waals surface area contributed by atoms with Gasteiger partial charge in [0.15, 0.2) is 0 Å². The average Bonchev–Trinajstić information content (AvgIpc) is 2.85. The molecule has 0 heterocycles. The molecule has 0 saturated carbocycles. The van der Waals surface area contributed by atoms with Crippen molar-refractivity contribution in [3.05, 3.63) is 35.9 Å². The second-order valence-electron chi connectivity index (χ2n) is 10.4. The summed E-state index contributed by atoms with van der Waals surface area (Å²) in [6.45, 7) is 2.60. The van der Waals surface area contributed by atoms with Gasteiger partial charge in [0.1, 0.15) is 5.75 Å². The van der Waals surface area contributed by atoms with Crippen LogP contribution in [0.25, 0.3) is 0 Å². The Morgan fingerprint density at radius 1 is 0.514 bits per heavy atom. The zero-order chi connectivity index (χ0) is 25.3. The Morgan fingerprint density at radius 2 is 0.857 bits per heavy atom. The Morgan fingerprint density at radius 3 is 1.23 bits per heavy atom. The molecule has 0 unspecified atom stereocenters. The van der Waals surface area contributed by atoms with Crippen molar-refractivity contribution in [3.8, 4) is 0 Å². The first-order valence-electron chi connectivity index (χ1n) is 15.0. The van der Waals surface area contributed by atoms with E-state index in [0.717, 1.165) is 18.4 Å². The molecular formula is C31H56O3S. The minimum Gasteiger partial charge on any atom is -0.270 e. The molecule has 0 aliphatic carbocycles. The maximum atomic E-state index is 12.0. The van der Waals surface area contributed by atoms with Crippen LogP contribution >= 0.6 is 0 Å². The van der Waals surface area contributed by atoms with Gasteiger partial charge in [-0.25, -0.2) is 0 Å². The molecule has 204 valence electrons. The first-order valence-corrected chi connectivity index (χ1v) is 16.6. The van der Waals surface area contributed by atoms with Crippen molar-refractivity contribution in [2.75, 3.05) is 6.61 Å². The van der Waals surface area contributed by atoms with E-state index < -0.39 is 10.1 Å². The van der Waals surface area contributed by atoms with Crippen molar-refractivity contribution in [1.29, 1.82) is 0 Å². The highest BCUT2D eigenvalue weighted by Gasteiger charge is 2.11. The topological polar surface area (TPSA) is 43.4 Å². The quantitative estimate of drug-likeness (QED) is 0.0923. The molecule has 3 nitrogen and oxygen atoms in total. The first-order chi connectivity index (χ1) is 17.1. The lowest BCUT2D eigenvalue weighted by atomic mass is 10.0. The molecule has 0 N–H and O–H groups in total. The Kier molecular flexibility index (Phi) is 21.6. The third-order valence-electron chi connectivity index (χ3n) is 6.95. The van der Waals surface area contributed by atoms with Gasteiger partial charge in [0.05, 0.1) is 6.61 Å². The zero-order valence-electron chi connectivity index (χ0n) is 23.0. The third kappa shape index (κ3) is 22.1. The maximum Gasteiger partial charge on any atom is 0.271 e. The van der Waals surface area contributed by atoms with E-state index in [4.69, 9.17) is 4.18 Å². The zero-order valence-corrected chi connectivity index (χ0v) is 23.8. The SMILES string of the molecule is CCCCCCCCCCCCCCCCCCCCCCCCOS(=O)(=O)Cc1ccccc1. The average molecular weight is 509 g/mol. The summed E-state index contributed by atoms with van der Waals surface area (Å²) in [6, 6.07) is 9.23. The van der Waals surface area contributed by atoms with Crippen LogP contribution in [-0.4, -0.2) is 15.0 Å². The minimum atomic E-state index is -3.46. The lowest BCUT2D eigenvalue weighted by Crippen LogP contribution is -2.09. The Bertz CT molecular complexity index is 657. The van der Waals surface area contributed by atoms with Crippen molar-refractivity contribution in [2.24, 2.45) is 0 Å². The summed E-state index contributed by atoms with van der Waals surface area (Å²) in [7, 11) is -3.46. The number of hydrogen-bond acceptors (Lipinski definition) is 3. The van der Waals surface area contributed by atoms with Crippen LogP contribution in [-0.2, 0) is 20.1 Å². The van der Waals surface area contributed by atoms with Gasteiger partial charge in [0, 0.05) is 0 Å². The summed E-state index contributed by atoms with van der Waals surface area (Å²) in [6.07, 6.45) is 29.8. The molecule has 1 aromatic carbocycles. The van der Waals surface area contributed by atoms with E-state index >= 15 is 0 Å². The van der Waals surface area contributed by atoms with E-state index in [1.807, 2.05) is 30.3 Å². The van der Waals surface area contributed by atoms with E-state index in [0.29, 0.717) is 6.61 Å². The van der Waals surface area contributed by atoms with E-state index in [1.54, 1.807) is 0 Å². The van der Waals surface area contributed by atoms with Crippen molar-refractivity contribution in [1.82, 2.24) is 0 Å². The fraction of sp³-hybridized carbons (Fsp3) is 0.806. The standard InChI is InChI=1S/C31H56O3S/c1-2-3-4-5-6-7-8-9-10-11-12-13-14-15-16-17-18-19-20-21-22-26-29-34-35(32,33)30-31-27-24-23-25-28-31/h23-25,27-28H,2-22,26,29-30H2,1H3. The molecule has 35 heavy (non-hydrogen) atoms. The predicted molar refractivity (Wildman–Crippen MR) is 152 cm³/mol. The fourth-order valence-corrected chi connectivity index (χ4v) is 5.77. The molecule has 0 aromatic heterocycles. The van der Waals surface area contributed by atoms with Crippen LogP contribution in [0.3, 0.4) is 0 Å². The van der Waals surface area contributed by atoms with Gasteiger partial charge in [0.25, 0.3) is 10.1 Å². The number of benzene rings is 1. The maximum absolute atomic E-state index is 12.0. The Hall–Kier alpha value is -0.870. The molecule has 0 spiro atoms. The van der Waals surface area contributed by atoms with Crippen molar-refractivity contribution >= 4 is 10.1 Å². The Balaban J connectivity index is 1.74. The molecule has 0 aliphatic heterocycles. The molecule has 0 radical (unpaired) electrons. The summed E-state index contributed by atoms with van der Waals surface area (Å²) in [4.78, 5) is 0. The minimum absolute atomic E-state index is 0.0346. The highest BCUT2D eigenvalue weighted by atomic mass is 32.2. The molecular weight excluding hydrogens is 452 g/mol. The number of hydrogen-bond donors (Lipinski definition) is 0. The highest BCUT2D eigenvalue weighted by molar-refractivity contribution is 7.85. The molecule has 0 bridgehead atoms. The predicted octanol–water partition coefficient (Wildman–Crippen LogP) is 10.1. The molecule has 0 aliphatic rings. The van der Waals surface area contributed by atoms with Crippen LogP contribution in [0.5, 0.6) is 0 Å². The fourth-order valence-electron chi connectivity index (χ4n) is 4.72. The summed E-state index contributed by atoms with van der Waals surface area (Å²) in [5, 5.41) is 0. The largest absolute Gasteiger partial charge is 0.271 e. The first kappa shape index (κ1) is 32.2. The third-order valence-corrected chi connectivity index (χ3v) is 8.16. The highest BCUT2D eigenvalue weighted by Crippen LogP contribution is 2.15. The molecule has 0 saturated heterocycles. The summed E-state index contributed by atoms with van der Waals surface area (Å²) >= 11 is 0. The van der Waals surface area contributed by atoms with E-state index in [-0.39, 0.29) is 5.75 Å². The molecule has 0 amide bonds. The molecule has 4 heteroatoms. The molecule has 0 fully saturated rings. The van der Waals surface area contributed by atoms with Gasteiger partial charge in [-0.1, -0.05) is 172 Å². The van der Waals surface area contributed by atoms with Gasteiger partial charge >= 0.3 is 0 Å². The van der Waals surface area contributed by atoms with Crippen molar-refractivity contribution in [2.45, 2.75) is 154 Å². The van der Waals surface area contributed by atoms with Crippen molar-refractivity contribution < 1.29 is 12.6 Å². The van der Waals surface area contributed by atoms with E-state index in [9.17, 15) is 8.42 Å². The van der Waals surface area contributed by atoms with Crippen molar-refractivity contribution in [3.63, 3.8) is 0 Å². The second kappa shape index (κ2) is 23.5. The van der Waals surface area contributed by atoms with E-state index in [2.05, 4.69) is 6.92 Å². The lowest BCUT2D eigenvalue weighted by Gasteiger charge is -2.06. The second-order valence-corrected chi connectivity index (χ2v) is 12.1. The lowest BCUT2D eigenvalue weighted by molar-refractivity contribution is 0.305. The molecule has 0 atom stereocenters. The van der Waals surface area contributed by atoms with Crippen LogP contribution in [0.15, 0.2) is 30.3 Å². The molecule has 1 aromatic rings. The van der Waals surface area contributed by atoms with Gasteiger partial charge in [-0.15, -0.1) is 0 Å². The normalized spacial score (nSPS) is 11.8. The van der Waals surface area contributed by atoms with Crippen LogP contribution < -0.4 is 0 Å². The number of unbranched alkanes of at least 4 members (excludes halogenated alkanes) is 21.